The largest absolute Gasteiger partial charge is 0.365 e. The van der Waals surface area contributed by atoms with E-state index in [2.05, 4.69) is 5.32 Å². The highest BCUT2D eigenvalue weighted by atomic mass is 35.5. The third-order valence-electron chi connectivity index (χ3n) is 3.40. The summed E-state index contributed by atoms with van der Waals surface area (Å²) in [5.41, 5.74) is -0.392. The predicted molar refractivity (Wildman–Crippen MR) is 76.5 cm³/mol. The maximum Gasteiger partial charge on any atom is 0.253 e. The van der Waals surface area contributed by atoms with Gasteiger partial charge in [0.25, 0.3) is 5.91 Å². The molecule has 0 saturated carbocycles. The highest BCUT2D eigenvalue weighted by molar-refractivity contribution is 6.42. The van der Waals surface area contributed by atoms with Crippen LogP contribution in [-0.4, -0.2) is 18.1 Å². The fourth-order valence-corrected chi connectivity index (χ4v) is 2.58. The molecule has 0 spiro atoms. The Morgan fingerprint density at radius 1 is 1.55 bits per heavy atom. The normalized spacial score (nSPS) is 23.1. The summed E-state index contributed by atoms with van der Waals surface area (Å²) < 4.78 is 5.46. The van der Waals surface area contributed by atoms with Crippen LogP contribution in [0.1, 0.15) is 31.4 Å². The first-order valence-electron chi connectivity index (χ1n) is 6.26. The second-order valence-corrected chi connectivity index (χ2v) is 5.65. The van der Waals surface area contributed by atoms with Crippen LogP contribution >= 0.6 is 23.2 Å². The molecule has 2 atom stereocenters. The number of halogens is 2. The van der Waals surface area contributed by atoms with Crippen LogP contribution in [0.4, 0.5) is 0 Å². The van der Waals surface area contributed by atoms with E-state index in [1.807, 2.05) is 6.07 Å². The molecule has 1 fully saturated rings. The Morgan fingerprint density at radius 2 is 2.30 bits per heavy atom. The van der Waals surface area contributed by atoms with Crippen LogP contribution in [-0.2, 0) is 9.53 Å². The van der Waals surface area contributed by atoms with E-state index in [9.17, 15) is 10.1 Å². The number of ether oxygens (including phenoxy) is 1. The quantitative estimate of drug-likeness (QED) is 0.932. The first-order chi connectivity index (χ1) is 9.48. The molecule has 1 amide bonds. The zero-order valence-corrected chi connectivity index (χ0v) is 12.5. The van der Waals surface area contributed by atoms with Gasteiger partial charge >= 0.3 is 0 Å². The van der Waals surface area contributed by atoms with Gasteiger partial charge in [0.15, 0.2) is 0 Å². The summed E-state index contributed by atoms with van der Waals surface area (Å²) >= 11 is 12.0. The molecule has 1 aliphatic rings. The molecule has 20 heavy (non-hydrogen) atoms. The van der Waals surface area contributed by atoms with Crippen molar-refractivity contribution in [2.24, 2.45) is 0 Å². The zero-order valence-electron chi connectivity index (χ0n) is 11.0. The Labute approximate surface area is 127 Å². The van der Waals surface area contributed by atoms with E-state index in [0.717, 1.165) is 6.42 Å². The molecule has 106 valence electrons. The lowest BCUT2D eigenvalue weighted by Gasteiger charge is -2.24. The highest BCUT2D eigenvalue weighted by Gasteiger charge is 2.39. The Morgan fingerprint density at radius 3 is 2.90 bits per heavy atom. The number of rotatable bonds is 3. The van der Waals surface area contributed by atoms with Crippen LogP contribution < -0.4 is 5.32 Å². The minimum atomic E-state index is -0.875. The van der Waals surface area contributed by atoms with E-state index in [1.165, 1.54) is 0 Å². The van der Waals surface area contributed by atoms with Crippen molar-refractivity contribution in [3.8, 4) is 6.07 Å². The number of nitrogens with zero attached hydrogens (tertiary/aromatic N) is 1. The second-order valence-electron chi connectivity index (χ2n) is 4.86. The number of carbonyl (C=O) groups excluding carboxylic acids is 1. The molecule has 1 heterocycles. The fourth-order valence-electron chi connectivity index (χ4n) is 2.16. The number of nitrogens with one attached hydrogen (secondary N) is 1. The van der Waals surface area contributed by atoms with Crippen LogP contribution in [0, 0.1) is 11.3 Å². The number of amides is 1. The molecule has 1 saturated heterocycles. The number of benzene rings is 1. The summed E-state index contributed by atoms with van der Waals surface area (Å²) in [6.07, 6.45) is 1.47. The average Bonchev–Trinajstić information content (AvgIpc) is 2.87. The maximum absolute atomic E-state index is 12.2. The molecular formula is C14H14Cl2N2O2. The molecule has 1 N–H and O–H groups in total. The highest BCUT2D eigenvalue weighted by Crippen LogP contribution is 2.31. The van der Waals surface area contributed by atoms with Crippen molar-refractivity contribution >= 4 is 29.1 Å². The van der Waals surface area contributed by atoms with Crippen molar-refractivity contribution < 1.29 is 9.53 Å². The summed E-state index contributed by atoms with van der Waals surface area (Å²) in [5, 5.41) is 12.6. The molecule has 1 aromatic rings. The monoisotopic (exact) mass is 312 g/mol. The summed E-state index contributed by atoms with van der Waals surface area (Å²) in [7, 11) is 0. The Hall–Kier alpha value is -1.28. The lowest BCUT2D eigenvalue weighted by Crippen LogP contribution is -2.45. The van der Waals surface area contributed by atoms with Gasteiger partial charge in [-0.05, 0) is 25.8 Å². The molecule has 1 aromatic carbocycles. The molecule has 6 heteroatoms. The molecule has 0 aliphatic carbocycles. The van der Waals surface area contributed by atoms with Crippen LogP contribution in [0.2, 0.25) is 10.0 Å². The lowest BCUT2D eigenvalue weighted by molar-refractivity contribution is -0.139. The average molecular weight is 313 g/mol. The van der Waals surface area contributed by atoms with Gasteiger partial charge in [0.05, 0.1) is 16.1 Å². The van der Waals surface area contributed by atoms with Crippen molar-refractivity contribution in [1.82, 2.24) is 5.32 Å². The second kappa shape index (κ2) is 6.01. The van der Waals surface area contributed by atoms with E-state index in [1.54, 1.807) is 25.1 Å². The van der Waals surface area contributed by atoms with Gasteiger partial charge in [-0.3, -0.25) is 4.79 Å². The number of hydrogen-bond donors (Lipinski definition) is 1. The minimum Gasteiger partial charge on any atom is -0.365 e. The fraction of sp³-hybridized carbons (Fsp3) is 0.429. The summed E-state index contributed by atoms with van der Waals surface area (Å²) in [6.45, 7) is 2.28. The molecule has 0 radical (unpaired) electrons. The summed E-state index contributed by atoms with van der Waals surface area (Å²) in [4.78, 5) is 12.2. The van der Waals surface area contributed by atoms with Crippen LogP contribution in [0.5, 0.6) is 0 Å². The van der Waals surface area contributed by atoms with Crippen molar-refractivity contribution in [2.45, 2.75) is 31.4 Å². The van der Waals surface area contributed by atoms with E-state index in [0.29, 0.717) is 23.6 Å². The number of carbonyl (C=O) groups is 1. The predicted octanol–water partition coefficient (Wildman–Crippen LogP) is 3.24. The topological polar surface area (TPSA) is 62.1 Å². The van der Waals surface area contributed by atoms with Gasteiger partial charge in [-0.15, -0.1) is 0 Å². The van der Waals surface area contributed by atoms with E-state index >= 15 is 0 Å². The van der Waals surface area contributed by atoms with Gasteiger partial charge in [-0.2, -0.15) is 5.26 Å². The van der Waals surface area contributed by atoms with Crippen molar-refractivity contribution in [3.05, 3.63) is 33.8 Å². The van der Waals surface area contributed by atoms with Crippen LogP contribution in [0.3, 0.4) is 0 Å². The van der Waals surface area contributed by atoms with Gasteiger partial charge < -0.3 is 10.1 Å². The summed E-state index contributed by atoms with van der Waals surface area (Å²) in [6, 6.07) is 6.16. The Balaban J connectivity index is 2.20. The van der Waals surface area contributed by atoms with Gasteiger partial charge in [0.2, 0.25) is 0 Å². The molecule has 2 rings (SSSR count). The SMILES string of the molecule is C[C@]1(C(=O)N[C@H](C#N)c2cccc(Cl)c2Cl)CCCO1. The van der Waals surface area contributed by atoms with E-state index in [4.69, 9.17) is 27.9 Å². The van der Waals surface area contributed by atoms with Crippen molar-refractivity contribution in [3.63, 3.8) is 0 Å². The Kier molecular flexibility index (Phi) is 4.54. The molecular weight excluding hydrogens is 299 g/mol. The standard InChI is InChI=1S/C14H14Cl2N2O2/c1-14(6-3-7-20-14)13(19)18-11(8-17)9-4-2-5-10(15)12(9)16/h2,4-5,11H,3,6-7H2,1H3,(H,18,19)/t11-,14-/m1/s1. The number of nitriles is 1. The smallest absolute Gasteiger partial charge is 0.253 e. The molecule has 1 aliphatic heterocycles. The minimum absolute atomic E-state index is 0.276. The number of hydrogen-bond acceptors (Lipinski definition) is 3. The third kappa shape index (κ3) is 2.90. The third-order valence-corrected chi connectivity index (χ3v) is 4.23. The molecule has 0 unspecified atom stereocenters. The maximum atomic E-state index is 12.2. The summed E-state index contributed by atoms with van der Waals surface area (Å²) in [5.74, 6) is -0.308. The molecule has 0 bridgehead atoms. The van der Waals surface area contributed by atoms with Crippen LogP contribution in [0.25, 0.3) is 0 Å². The Bertz CT molecular complexity index is 563. The van der Waals surface area contributed by atoms with Gasteiger partial charge in [-0.25, -0.2) is 0 Å². The van der Waals surface area contributed by atoms with Crippen molar-refractivity contribution in [2.75, 3.05) is 6.61 Å². The van der Waals surface area contributed by atoms with Crippen molar-refractivity contribution in [1.29, 1.82) is 5.26 Å². The first-order valence-corrected chi connectivity index (χ1v) is 7.02. The first kappa shape index (κ1) is 15.1. The van der Waals surface area contributed by atoms with Gasteiger partial charge in [0, 0.05) is 12.2 Å². The lowest BCUT2D eigenvalue weighted by atomic mass is 10.0. The van der Waals surface area contributed by atoms with E-state index in [-0.39, 0.29) is 10.9 Å². The molecule has 0 aromatic heterocycles. The van der Waals surface area contributed by atoms with Gasteiger partial charge in [-0.1, -0.05) is 35.3 Å². The van der Waals surface area contributed by atoms with Crippen LogP contribution in [0.15, 0.2) is 18.2 Å². The molecule has 4 nitrogen and oxygen atoms in total. The van der Waals surface area contributed by atoms with Gasteiger partial charge in [0.1, 0.15) is 11.6 Å². The van der Waals surface area contributed by atoms with E-state index < -0.39 is 11.6 Å². The zero-order chi connectivity index (χ0) is 14.8.